The van der Waals surface area contributed by atoms with Gasteiger partial charge >= 0.3 is 12.3 Å². The molecule has 7 nitrogen and oxygen atoms in total. The molecule has 0 N–H and O–H groups in total. The lowest BCUT2D eigenvalue weighted by Crippen LogP contribution is -2.35. The first-order chi connectivity index (χ1) is 15.6. The molecule has 0 spiro atoms. The van der Waals surface area contributed by atoms with Crippen LogP contribution < -0.4 is 9.47 Å². The molecule has 9 heteroatoms. The van der Waals surface area contributed by atoms with Crippen molar-refractivity contribution in [2.24, 2.45) is 0 Å². The fourth-order valence-corrected chi connectivity index (χ4v) is 2.86. The zero-order chi connectivity index (χ0) is 22.3. The van der Waals surface area contributed by atoms with Gasteiger partial charge < -0.3 is 18.6 Å². The normalized spacial score (nSPS) is 10.7. The van der Waals surface area contributed by atoms with Gasteiger partial charge in [0.15, 0.2) is 6.61 Å². The molecule has 0 aliphatic carbocycles. The van der Waals surface area contributed by atoms with E-state index in [-0.39, 0.29) is 12.5 Å². The number of rotatable bonds is 8. The lowest BCUT2D eigenvalue weighted by molar-refractivity contribution is -0.167. The van der Waals surface area contributed by atoms with Crippen LogP contribution in [0.3, 0.4) is 0 Å². The van der Waals surface area contributed by atoms with Crippen molar-refractivity contribution in [1.82, 2.24) is 10.2 Å². The van der Waals surface area contributed by atoms with E-state index in [1.807, 2.05) is 30.3 Å². The molecule has 3 aromatic carbocycles. The van der Waals surface area contributed by atoms with Gasteiger partial charge in [-0.3, -0.25) is 0 Å². The maximum atomic E-state index is 12.7. The van der Waals surface area contributed by atoms with Crippen molar-refractivity contribution >= 4 is 29.2 Å². The Hall–Kier alpha value is -3.55. The Kier molecular flexibility index (Phi) is 6.89. The minimum atomic E-state index is -1.39. The van der Waals surface area contributed by atoms with Gasteiger partial charge in [0.2, 0.25) is 5.89 Å². The number of hydrogen-bond donors (Lipinski definition) is 0. The maximum Gasteiger partial charge on any atom is 0.390 e. The molecule has 32 heavy (non-hydrogen) atoms. The molecule has 0 unspecified atom stereocenters. The molecule has 1 aromatic heterocycles. The summed E-state index contributed by atoms with van der Waals surface area (Å²) in [5, 5.41) is 8.93. The average molecular weight is 471 g/mol. The van der Waals surface area contributed by atoms with E-state index >= 15 is 0 Å². The first kappa shape index (κ1) is 21.7. The summed E-state index contributed by atoms with van der Waals surface area (Å²) in [6.07, 6.45) is -1.39. The second-order valence-corrected chi connectivity index (χ2v) is 7.32. The molecule has 0 bridgehead atoms. The van der Waals surface area contributed by atoms with Gasteiger partial charge in [0, 0.05) is 15.6 Å². The Morgan fingerprint density at radius 1 is 0.812 bits per heavy atom. The summed E-state index contributed by atoms with van der Waals surface area (Å²) in [5.41, 5.74) is 0.757. The molecular formula is C23H16Cl2N2O5. The van der Waals surface area contributed by atoms with E-state index < -0.39 is 12.3 Å². The highest BCUT2D eigenvalue weighted by molar-refractivity contribution is 6.30. The number of carbonyl (C=O) groups excluding carboxylic acids is 1. The van der Waals surface area contributed by atoms with E-state index in [9.17, 15) is 4.79 Å². The monoisotopic (exact) mass is 470 g/mol. The van der Waals surface area contributed by atoms with Gasteiger partial charge in [-0.1, -0.05) is 41.4 Å². The minimum Gasteiger partial charge on any atom is -0.450 e. The van der Waals surface area contributed by atoms with E-state index in [0.717, 1.165) is 5.56 Å². The number of nitrogens with zero attached hydrogens (tertiary/aromatic N) is 2. The highest BCUT2D eigenvalue weighted by atomic mass is 35.5. The van der Waals surface area contributed by atoms with Crippen LogP contribution in [0, 0.1) is 0 Å². The number of halogens is 2. The molecule has 0 amide bonds. The van der Waals surface area contributed by atoms with Gasteiger partial charge in [0.05, 0.1) is 0 Å². The van der Waals surface area contributed by atoms with Crippen LogP contribution in [0.2, 0.25) is 10.0 Å². The third kappa shape index (κ3) is 5.78. The van der Waals surface area contributed by atoms with Gasteiger partial charge in [-0.25, -0.2) is 4.79 Å². The van der Waals surface area contributed by atoms with Crippen LogP contribution in [-0.4, -0.2) is 22.5 Å². The largest absolute Gasteiger partial charge is 0.450 e. The summed E-state index contributed by atoms with van der Waals surface area (Å²) >= 11 is 11.8. The molecule has 0 atom stereocenters. The highest BCUT2D eigenvalue weighted by Crippen LogP contribution is 2.22. The summed E-state index contributed by atoms with van der Waals surface area (Å²) < 4.78 is 22.2. The lowest BCUT2D eigenvalue weighted by Gasteiger charge is -2.19. The van der Waals surface area contributed by atoms with Crippen LogP contribution >= 0.6 is 23.2 Å². The Morgan fingerprint density at radius 2 is 1.38 bits per heavy atom. The van der Waals surface area contributed by atoms with Crippen molar-refractivity contribution in [2.75, 3.05) is 0 Å². The van der Waals surface area contributed by atoms with Crippen LogP contribution in [0.5, 0.6) is 11.5 Å². The van der Waals surface area contributed by atoms with E-state index in [0.29, 0.717) is 27.4 Å². The fraction of sp³-hybridized carbons (Fsp3) is 0.0870. The third-order valence-corrected chi connectivity index (χ3v) is 4.64. The molecule has 0 fully saturated rings. The molecule has 1 heterocycles. The zero-order valence-electron chi connectivity index (χ0n) is 16.5. The van der Waals surface area contributed by atoms with Crippen molar-refractivity contribution in [3.8, 4) is 23.0 Å². The lowest BCUT2D eigenvalue weighted by atomic mass is 10.2. The van der Waals surface area contributed by atoms with Gasteiger partial charge in [0.1, 0.15) is 11.5 Å². The number of carbonyl (C=O) groups is 1. The van der Waals surface area contributed by atoms with Crippen LogP contribution in [0.4, 0.5) is 0 Å². The molecule has 0 aliphatic heterocycles. The molecule has 0 saturated heterocycles. The first-order valence-electron chi connectivity index (χ1n) is 9.46. The Labute approximate surface area is 193 Å². The number of esters is 1. The molecule has 4 aromatic rings. The van der Waals surface area contributed by atoms with Gasteiger partial charge in [-0.2, -0.15) is 0 Å². The standard InChI is InChI=1S/C23H16Cl2N2O5/c24-16-6-10-18(11-7-16)30-23(31-19-12-8-17(25)9-13-19)22(28)29-14-20-26-27-21(32-20)15-4-2-1-3-5-15/h1-13,23H,14H2. The van der Waals surface area contributed by atoms with Crippen molar-refractivity contribution in [3.63, 3.8) is 0 Å². The van der Waals surface area contributed by atoms with Gasteiger partial charge in [-0.05, 0) is 60.7 Å². The predicted molar refractivity (Wildman–Crippen MR) is 117 cm³/mol. The number of hydrogen-bond acceptors (Lipinski definition) is 7. The maximum absolute atomic E-state index is 12.7. The van der Waals surface area contributed by atoms with E-state index in [2.05, 4.69) is 10.2 Å². The molecule has 4 rings (SSSR count). The van der Waals surface area contributed by atoms with Crippen LogP contribution in [0.15, 0.2) is 83.3 Å². The topological polar surface area (TPSA) is 83.7 Å². The van der Waals surface area contributed by atoms with E-state index in [4.69, 9.17) is 41.8 Å². The summed E-state index contributed by atoms with van der Waals surface area (Å²) in [4.78, 5) is 12.7. The smallest absolute Gasteiger partial charge is 0.390 e. The Morgan fingerprint density at radius 3 is 1.94 bits per heavy atom. The first-order valence-corrected chi connectivity index (χ1v) is 10.2. The number of benzene rings is 3. The molecule has 162 valence electrons. The van der Waals surface area contributed by atoms with E-state index in [1.165, 1.54) is 0 Å². The van der Waals surface area contributed by atoms with Crippen molar-refractivity contribution < 1.29 is 23.4 Å². The van der Waals surface area contributed by atoms with Crippen LogP contribution in [0.25, 0.3) is 11.5 Å². The van der Waals surface area contributed by atoms with Crippen LogP contribution in [0.1, 0.15) is 5.89 Å². The molecular weight excluding hydrogens is 455 g/mol. The summed E-state index contributed by atoms with van der Waals surface area (Å²) in [5.74, 6) is 0.412. The van der Waals surface area contributed by atoms with Crippen molar-refractivity contribution in [2.45, 2.75) is 12.9 Å². The van der Waals surface area contributed by atoms with E-state index in [1.54, 1.807) is 48.5 Å². The van der Waals surface area contributed by atoms with Crippen molar-refractivity contribution in [3.05, 3.63) is 94.8 Å². The van der Waals surface area contributed by atoms with Gasteiger partial charge in [-0.15, -0.1) is 10.2 Å². The molecule has 0 radical (unpaired) electrons. The second-order valence-electron chi connectivity index (χ2n) is 6.45. The summed E-state index contributed by atoms with van der Waals surface area (Å²) in [6.45, 7) is -0.247. The van der Waals surface area contributed by atoms with Crippen molar-refractivity contribution in [1.29, 1.82) is 0 Å². The third-order valence-electron chi connectivity index (χ3n) is 4.13. The SMILES string of the molecule is O=C(OCc1nnc(-c2ccccc2)o1)C(Oc1ccc(Cl)cc1)Oc1ccc(Cl)cc1. The number of aromatic nitrogens is 2. The zero-order valence-corrected chi connectivity index (χ0v) is 18.0. The summed E-state index contributed by atoms with van der Waals surface area (Å²) in [6, 6.07) is 22.2. The molecule has 0 saturated carbocycles. The Bertz CT molecular complexity index is 1120. The highest BCUT2D eigenvalue weighted by Gasteiger charge is 2.26. The summed E-state index contributed by atoms with van der Waals surface area (Å²) in [7, 11) is 0. The second kappa shape index (κ2) is 10.2. The van der Waals surface area contributed by atoms with Crippen LogP contribution in [-0.2, 0) is 16.1 Å². The molecule has 0 aliphatic rings. The minimum absolute atomic E-state index is 0.133. The van der Waals surface area contributed by atoms with Gasteiger partial charge in [0.25, 0.3) is 5.89 Å². The fourth-order valence-electron chi connectivity index (χ4n) is 2.60. The quantitative estimate of drug-likeness (QED) is 0.245. The predicted octanol–water partition coefficient (Wildman–Crippen LogP) is 5.57. The Balaban J connectivity index is 1.44. The average Bonchev–Trinajstić information content (AvgIpc) is 3.29. The number of ether oxygens (including phenoxy) is 3.